The van der Waals surface area contributed by atoms with Crippen LogP contribution in [0.1, 0.15) is 84.5 Å². The van der Waals surface area contributed by atoms with Crippen LogP contribution in [0, 0.1) is 23.2 Å². The highest BCUT2D eigenvalue weighted by molar-refractivity contribution is 5.61. The minimum atomic E-state index is -0.123. The van der Waals surface area contributed by atoms with Gasteiger partial charge in [-0.1, -0.05) is 20.3 Å². The summed E-state index contributed by atoms with van der Waals surface area (Å²) in [5, 5.41) is 0. The van der Waals surface area contributed by atoms with E-state index in [2.05, 4.69) is 13.8 Å². The summed E-state index contributed by atoms with van der Waals surface area (Å²) >= 11 is 0. The van der Waals surface area contributed by atoms with Gasteiger partial charge in [0.1, 0.15) is 6.29 Å². The topological polar surface area (TPSA) is 69.1 Å². The Labute approximate surface area is 143 Å². The third-order valence-corrected chi connectivity index (χ3v) is 7.04. The van der Waals surface area contributed by atoms with Gasteiger partial charge in [-0.05, 0) is 82.0 Å². The Bertz CT molecular complexity index is 357. The first-order valence-electron chi connectivity index (χ1n) is 10.0. The van der Waals surface area contributed by atoms with Crippen molar-refractivity contribution in [1.29, 1.82) is 0 Å². The van der Waals surface area contributed by atoms with Crippen molar-refractivity contribution in [3.05, 3.63) is 0 Å². The Morgan fingerprint density at radius 2 is 1.48 bits per heavy atom. The van der Waals surface area contributed by atoms with Crippen molar-refractivity contribution in [1.82, 2.24) is 0 Å². The number of hydrogen-bond donors (Lipinski definition) is 2. The van der Waals surface area contributed by atoms with Crippen molar-refractivity contribution in [3.63, 3.8) is 0 Å². The molecule has 2 atom stereocenters. The standard InChI is InChI=1S/C20H38N2O/c1-3-5-19(15-6-10-17(21)11-7-15)20(4-2,14-23)16-8-12-18(22)13-9-16/h14-19H,3-13,21-22H2,1-2H3. The van der Waals surface area contributed by atoms with Gasteiger partial charge in [0.15, 0.2) is 0 Å². The Morgan fingerprint density at radius 3 is 1.91 bits per heavy atom. The summed E-state index contributed by atoms with van der Waals surface area (Å²) in [4.78, 5) is 12.4. The van der Waals surface area contributed by atoms with Gasteiger partial charge in [0.2, 0.25) is 0 Å². The molecule has 2 aliphatic carbocycles. The highest BCUT2D eigenvalue weighted by atomic mass is 16.1. The summed E-state index contributed by atoms with van der Waals surface area (Å²) in [5.74, 6) is 1.77. The largest absolute Gasteiger partial charge is 0.328 e. The average Bonchev–Trinajstić information content (AvgIpc) is 2.58. The molecule has 0 aromatic rings. The van der Waals surface area contributed by atoms with E-state index in [1.807, 2.05) is 0 Å². The lowest BCUT2D eigenvalue weighted by molar-refractivity contribution is -0.128. The third kappa shape index (κ3) is 4.17. The highest BCUT2D eigenvalue weighted by Gasteiger charge is 2.47. The smallest absolute Gasteiger partial charge is 0.126 e. The molecule has 2 saturated carbocycles. The van der Waals surface area contributed by atoms with E-state index >= 15 is 0 Å². The molecule has 0 radical (unpaired) electrons. The first kappa shape index (κ1) is 18.9. The first-order valence-corrected chi connectivity index (χ1v) is 10.0. The third-order valence-electron chi connectivity index (χ3n) is 7.04. The molecule has 0 bridgehead atoms. The maximum Gasteiger partial charge on any atom is 0.126 e. The maximum atomic E-state index is 12.4. The second-order valence-electron chi connectivity index (χ2n) is 8.27. The zero-order valence-corrected chi connectivity index (χ0v) is 15.3. The summed E-state index contributed by atoms with van der Waals surface area (Å²) in [7, 11) is 0. The van der Waals surface area contributed by atoms with Crippen molar-refractivity contribution in [2.45, 2.75) is 96.6 Å². The molecule has 0 amide bonds. The van der Waals surface area contributed by atoms with Crippen LogP contribution in [0.3, 0.4) is 0 Å². The molecule has 0 spiro atoms. The number of carbonyl (C=O) groups excluding carboxylic acids is 1. The van der Waals surface area contributed by atoms with Gasteiger partial charge in [0, 0.05) is 17.5 Å². The van der Waals surface area contributed by atoms with Crippen LogP contribution < -0.4 is 11.5 Å². The Kier molecular flexibility index (Phi) is 7.09. The van der Waals surface area contributed by atoms with Crippen LogP contribution in [0.25, 0.3) is 0 Å². The lowest BCUT2D eigenvalue weighted by atomic mass is 9.55. The van der Waals surface area contributed by atoms with E-state index in [9.17, 15) is 4.79 Å². The Hall–Kier alpha value is -0.410. The van der Waals surface area contributed by atoms with E-state index < -0.39 is 0 Å². The second-order valence-corrected chi connectivity index (χ2v) is 8.27. The molecule has 0 heterocycles. The molecule has 134 valence electrons. The van der Waals surface area contributed by atoms with Gasteiger partial charge in [-0.25, -0.2) is 0 Å². The van der Waals surface area contributed by atoms with E-state index in [0.717, 1.165) is 44.9 Å². The molecule has 0 aromatic carbocycles. The normalized spacial score (nSPS) is 36.2. The molecule has 2 fully saturated rings. The molecule has 0 aromatic heterocycles. The van der Waals surface area contributed by atoms with E-state index in [-0.39, 0.29) is 5.41 Å². The number of rotatable bonds is 7. The van der Waals surface area contributed by atoms with Gasteiger partial charge < -0.3 is 16.3 Å². The number of carbonyl (C=O) groups is 1. The molecule has 0 aliphatic heterocycles. The second kappa shape index (κ2) is 8.62. The van der Waals surface area contributed by atoms with E-state index in [0.29, 0.717) is 29.8 Å². The van der Waals surface area contributed by atoms with Crippen LogP contribution in [0.15, 0.2) is 0 Å². The van der Waals surface area contributed by atoms with Crippen LogP contribution >= 0.6 is 0 Å². The van der Waals surface area contributed by atoms with Crippen LogP contribution in [0.5, 0.6) is 0 Å². The van der Waals surface area contributed by atoms with Gasteiger partial charge in [0.05, 0.1) is 0 Å². The molecular weight excluding hydrogens is 284 g/mol. The highest BCUT2D eigenvalue weighted by Crippen LogP contribution is 2.51. The fourth-order valence-corrected chi connectivity index (χ4v) is 5.58. The molecule has 2 rings (SSSR count). The van der Waals surface area contributed by atoms with Crippen molar-refractivity contribution in [2.24, 2.45) is 34.6 Å². The predicted molar refractivity (Wildman–Crippen MR) is 97.1 cm³/mol. The molecule has 4 N–H and O–H groups in total. The monoisotopic (exact) mass is 322 g/mol. The molecule has 3 heteroatoms. The molecule has 0 saturated heterocycles. The van der Waals surface area contributed by atoms with E-state index in [4.69, 9.17) is 11.5 Å². The van der Waals surface area contributed by atoms with Crippen molar-refractivity contribution in [2.75, 3.05) is 0 Å². The quantitative estimate of drug-likeness (QED) is 0.695. The van der Waals surface area contributed by atoms with E-state index in [1.54, 1.807) is 0 Å². The minimum Gasteiger partial charge on any atom is -0.328 e. The number of nitrogens with two attached hydrogens (primary N) is 2. The van der Waals surface area contributed by atoms with Crippen molar-refractivity contribution >= 4 is 6.29 Å². The Morgan fingerprint density at radius 1 is 0.957 bits per heavy atom. The zero-order valence-electron chi connectivity index (χ0n) is 15.3. The van der Waals surface area contributed by atoms with Crippen LogP contribution in [-0.2, 0) is 4.79 Å². The molecule has 3 nitrogen and oxygen atoms in total. The van der Waals surface area contributed by atoms with Crippen LogP contribution in [-0.4, -0.2) is 18.4 Å². The number of hydrogen-bond acceptors (Lipinski definition) is 3. The zero-order chi connectivity index (χ0) is 16.9. The van der Waals surface area contributed by atoms with Gasteiger partial charge in [-0.15, -0.1) is 0 Å². The SMILES string of the molecule is CCCC(C1CCC(N)CC1)C(C=O)(CC)C1CCC(N)CC1. The fraction of sp³-hybridized carbons (Fsp3) is 0.950. The fourth-order valence-electron chi connectivity index (χ4n) is 5.58. The van der Waals surface area contributed by atoms with Crippen molar-refractivity contribution < 1.29 is 4.79 Å². The molecule has 2 unspecified atom stereocenters. The summed E-state index contributed by atoms with van der Waals surface area (Å²) in [6.45, 7) is 4.50. The van der Waals surface area contributed by atoms with Gasteiger partial charge in [0.25, 0.3) is 0 Å². The summed E-state index contributed by atoms with van der Waals surface area (Å²) in [6.07, 6.45) is 13.9. The lowest BCUT2D eigenvalue weighted by Gasteiger charge is -2.48. The van der Waals surface area contributed by atoms with E-state index in [1.165, 1.54) is 32.0 Å². The predicted octanol–water partition coefficient (Wildman–Crippen LogP) is 4.03. The summed E-state index contributed by atoms with van der Waals surface area (Å²) in [5.41, 5.74) is 12.1. The number of aldehydes is 1. The first-order chi connectivity index (χ1) is 11.1. The summed E-state index contributed by atoms with van der Waals surface area (Å²) < 4.78 is 0. The van der Waals surface area contributed by atoms with Crippen LogP contribution in [0.2, 0.25) is 0 Å². The van der Waals surface area contributed by atoms with Gasteiger partial charge in [-0.3, -0.25) is 0 Å². The molecule has 2 aliphatic rings. The van der Waals surface area contributed by atoms with Crippen LogP contribution in [0.4, 0.5) is 0 Å². The van der Waals surface area contributed by atoms with Gasteiger partial charge in [-0.2, -0.15) is 0 Å². The van der Waals surface area contributed by atoms with Gasteiger partial charge >= 0.3 is 0 Å². The van der Waals surface area contributed by atoms with Crippen molar-refractivity contribution in [3.8, 4) is 0 Å². The minimum absolute atomic E-state index is 0.123. The Balaban J connectivity index is 2.21. The molecule has 23 heavy (non-hydrogen) atoms. The lowest BCUT2D eigenvalue weighted by Crippen LogP contribution is -2.46. The summed E-state index contributed by atoms with van der Waals surface area (Å²) in [6, 6.07) is 0.734. The average molecular weight is 323 g/mol. The molecular formula is C20H38N2O. The maximum absolute atomic E-state index is 12.4.